The second-order valence-corrected chi connectivity index (χ2v) is 5.53. The van der Waals surface area contributed by atoms with Gasteiger partial charge in [0.1, 0.15) is 6.07 Å². The fraction of sp³-hybridized carbons (Fsp3) is 0.333. The van der Waals surface area contributed by atoms with Gasteiger partial charge in [-0.2, -0.15) is 9.98 Å². The van der Waals surface area contributed by atoms with E-state index in [9.17, 15) is 13.2 Å². The van der Waals surface area contributed by atoms with Gasteiger partial charge in [0.05, 0.1) is 16.5 Å². The Kier molecular flexibility index (Phi) is 5.03. The monoisotopic (exact) mass is 281 g/mol. The second-order valence-electron chi connectivity index (χ2n) is 3.85. The molecule has 0 saturated heterocycles. The van der Waals surface area contributed by atoms with Crippen molar-refractivity contribution >= 4 is 15.9 Å². The smallest absolute Gasteiger partial charge is 0.242 e. The van der Waals surface area contributed by atoms with Gasteiger partial charge in [0.25, 0.3) is 0 Å². The van der Waals surface area contributed by atoms with E-state index in [1.807, 2.05) is 6.07 Å². The predicted octanol–water partition coefficient (Wildman–Crippen LogP) is 0.361. The van der Waals surface area contributed by atoms with Crippen molar-refractivity contribution in [3.63, 3.8) is 0 Å². The van der Waals surface area contributed by atoms with Crippen LogP contribution in [-0.4, -0.2) is 26.9 Å². The van der Waals surface area contributed by atoms with Crippen LogP contribution < -0.4 is 10.0 Å². The lowest BCUT2D eigenvalue weighted by molar-refractivity contribution is -0.122. The number of carbonyl (C=O) groups is 1. The highest BCUT2D eigenvalue weighted by molar-refractivity contribution is 7.89. The third-order valence-electron chi connectivity index (χ3n) is 2.37. The number of nitrogens with zero attached hydrogens (tertiary/aromatic N) is 1. The van der Waals surface area contributed by atoms with E-state index in [2.05, 4.69) is 10.0 Å². The van der Waals surface area contributed by atoms with Gasteiger partial charge >= 0.3 is 0 Å². The van der Waals surface area contributed by atoms with Crippen LogP contribution in [-0.2, 0) is 14.8 Å². The Balaban J connectivity index is 3.00. The predicted molar refractivity (Wildman–Crippen MR) is 69.6 cm³/mol. The molecule has 0 heterocycles. The summed E-state index contributed by atoms with van der Waals surface area (Å²) in [6, 6.07) is 6.73. The number of hydrogen-bond acceptors (Lipinski definition) is 4. The Morgan fingerprint density at radius 2 is 2.05 bits per heavy atom. The summed E-state index contributed by atoms with van der Waals surface area (Å²) in [5.74, 6) is -0.416. The number of likely N-dealkylation sites (N-methyl/N-ethyl adjacent to an activating group) is 1. The van der Waals surface area contributed by atoms with E-state index in [1.54, 1.807) is 13.0 Å². The van der Waals surface area contributed by atoms with Gasteiger partial charge in [-0.1, -0.05) is 12.1 Å². The van der Waals surface area contributed by atoms with Crippen molar-refractivity contribution in [1.82, 2.24) is 10.0 Å². The molecule has 0 saturated carbocycles. The molecule has 7 heteroatoms. The molecule has 1 unspecified atom stereocenters. The van der Waals surface area contributed by atoms with Gasteiger partial charge in [-0.3, -0.25) is 4.79 Å². The van der Waals surface area contributed by atoms with Crippen molar-refractivity contribution in [2.24, 2.45) is 0 Å². The first-order valence-corrected chi connectivity index (χ1v) is 7.20. The first-order valence-electron chi connectivity index (χ1n) is 5.71. The number of amides is 1. The zero-order chi connectivity index (χ0) is 14.5. The van der Waals surface area contributed by atoms with Crippen molar-refractivity contribution in [2.75, 3.05) is 6.54 Å². The molecule has 1 atom stereocenters. The van der Waals surface area contributed by atoms with Crippen LogP contribution in [0.5, 0.6) is 0 Å². The summed E-state index contributed by atoms with van der Waals surface area (Å²) < 4.78 is 26.4. The molecule has 0 fully saturated rings. The Labute approximate surface area is 112 Å². The van der Waals surface area contributed by atoms with Crippen LogP contribution >= 0.6 is 0 Å². The zero-order valence-electron chi connectivity index (χ0n) is 10.7. The Morgan fingerprint density at radius 3 is 2.63 bits per heavy atom. The van der Waals surface area contributed by atoms with Crippen molar-refractivity contribution < 1.29 is 13.2 Å². The Hall–Kier alpha value is -1.91. The summed E-state index contributed by atoms with van der Waals surface area (Å²) in [6.45, 7) is 3.60. The lowest BCUT2D eigenvalue weighted by Crippen LogP contribution is -2.44. The highest BCUT2D eigenvalue weighted by atomic mass is 32.2. The highest BCUT2D eigenvalue weighted by Gasteiger charge is 2.23. The molecule has 0 bridgehead atoms. The molecular formula is C12H15N3O3S. The molecule has 0 spiro atoms. The van der Waals surface area contributed by atoms with E-state index < -0.39 is 22.0 Å². The van der Waals surface area contributed by atoms with Crippen LogP contribution in [0.4, 0.5) is 0 Å². The average molecular weight is 281 g/mol. The largest absolute Gasteiger partial charge is 0.355 e. The lowest BCUT2D eigenvalue weighted by atomic mass is 10.2. The van der Waals surface area contributed by atoms with Crippen LogP contribution in [0, 0.1) is 11.3 Å². The molecule has 6 nitrogen and oxygen atoms in total. The molecular weight excluding hydrogens is 266 g/mol. The molecule has 0 aliphatic carbocycles. The van der Waals surface area contributed by atoms with Gasteiger partial charge in [-0.05, 0) is 26.0 Å². The summed E-state index contributed by atoms with van der Waals surface area (Å²) in [5.41, 5.74) is 0.0399. The van der Waals surface area contributed by atoms with Crippen molar-refractivity contribution in [3.05, 3.63) is 29.8 Å². The molecule has 1 aromatic rings. The Morgan fingerprint density at radius 1 is 1.42 bits per heavy atom. The topological polar surface area (TPSA) is 99.1 Å². The minimum Gasteiger partial charge on any atom is -0.355 e. The van der Waals surface area contributed by atoms with E-state index in [0.717, 1.165) is 0 Å². The molecule has 1 amide bonds. The molecule has 102 valence electrons. The summed E-state index contributed by atoms with van der Waals surface area (Å²) in [4.78, 5) is 11.4. The minimum absolute atomic E-state index is 0.0399. The van der Waals surface area contributed by atoms with Crippen LogP contribution in [0.1, 0.15) is 19.4 Å². The number of hydrogen-bond donors (Lipinski definition) is 2. The summed E-state index contributed by atoms with van der Waals surface area (Å²) in [7, 11) is -3.90. The molecule has 1 aromatic carbocycles. The fourth-order valence-electron chi connectivity index (χ4n) is 1.47. The third kappa shape index (κ3) is 3.77. The summed E-state index contributed by atoms with van der Waals surface area (Å²) in [5, 5.41) is 11.4. The number of rotatable bonds is 5. The zero-order valence-corrected chi connectivity index (χ0v) is 11.5. The molecule has 0 aromatic heterocycles. The molecule has 0 radical (unpaired) electrons. The minimum atomic E-state index is -3.90. The van der Waals surface area contributed by atoms with Crippen molar-refractivity contribution in [2.45, 2.75) is 24.8 Å². The van der Waals surface area contributed by atoms with Crippen LogP contribution in [0.25, 0.3) is 0 Å². The maximum atomic E-state index is 12.1. The van der Waals surface area contributed by atoms with Crippen LogP contribution in [0.15, 0.2) is 29.2 Å². The van der Waals surface area contributed by atoms with Crippen LogP contribution in [0.2, 0.25) is 0 Å². The van der Waals surface area contributed by atoms with Gasteiger partial charge < -0.3 is 5.32 Å². The maximum Gasteiger partial charge on any atom is 0.242 e. The quantitative estimate of drug-likeness (QED) is 0.814. The van der Waals surface area contributed by atoms with Crippen LogP contribution in [0.3, 0.4) is 0 Å². The van der Waals surface area contributed by atoms with E-state index in [-0.39, 0.29) is 10.5 Å². The highest BCUT2D eigenvalue weighted by Crippen LogP contribution is 2.14. The maximum absolute atomic E-state index is 12.1. The summed E-state index contributed by atoms with van der Waals surface area (Å²) >= 11 is 0. The molecule has 1 rings (SSSR count). The fourth-order valence-corrected chi connectivity index (χ4v) is 2.83. The SMILES string of the molecule is CCNC(=O)C(C)NS(=O)(=O)c1ccccc1C#N. The molecule has 0 aliphatic rings. The Bertz CT molecular complexity index is 605. The number of nitrogens with one attached hydrogen (secondary N) is 2. The van der Waals surface area contributed by atoms with Crippen molar-refractivity contribution in [1.29, 1.82) is 5.26 Å². The number of benzene rings is 1. The molecule has 0 aliphatic heterocycles. The van der Waals surface area contributed by atoms with Gasteiger partial charge in [-0.15, -0.1) is 0 Å². The normalized spacial score (nSPS) is 12.5. The first-order chi connectivity index (χ1) is 8.92. The van der Waals surface area contributed by atoms with Gasteiger partial charge in [0, 0.05) is 6.54 Å². The second kappa shape index (κ2) is 6.31. The first kappa shape index (κ1) is 15.1. The number of nitriles is 1. The number of carbonyl (C=O) groups excluding carboxylic acids is 1. The molecule has 19 heavy (non-hydrogen) atoms. The standard InChI is InChI=1S/C12H15N3O3S/c1-3-14-12(16)9(2)15-19(17,18)11-7-5-4-6-10(11)8-13/h4-7,9,15H,3H2,1-2H3,(H,14,16). The van der Waals surface area contributed by atoms with Gasteiger partial charge in [-0.25, -0.2) is 8.42 Å². The van der Waals surface area contributed by atoms with Gasteiger partial charge in [0.2, 0.25) is 15.9 Å². The molecule has 2 N–H and O–H groups in total. The van der Waals surface area contributed by atoms with E-state index in [0.29, 0.717) is 6.54 Å². The number of sulfonamides is 1. The van der Waals surface area contributed by atoms with E-state index in [1.165, 1.54) is 25.1 Å². The average Bonchev–Trinajstić information content (AvgIpc) is 2.38. The lowest BCUT2D eigenvalue weighted by Gasteiger charge is -2.14. The summed E-state index contributed by atoms with van der Waals surface area (Å²) in [6.07, 6.45) is 0. The van der Waals surface area contributed by atoms with E-state index >= 15 is 0 Å². The third-order valence-corrected chi connectivity index (χ3v) is 3.97. The van der Waals surface area contributed by atoms with Crippen molar-refractivity contribution in [3.8, 4) is 6.07 Å². The van der Waals surface area contributed by atoms with E-state index in [4.69, 9.17) is 5.26 Å². The van der Waals surface area contributed by atoms with Gasteiger partial charge in [0.15, 0.2) is 0 Å².